The fourth-order valence-electron chi connectivity index (χ4n) is 0.579. The van der Waals surface area contributed by atoms with Gasteiger partial charge in [0.25, 0.3) is 0 Å². The molecule has 0 saturated carbocycles. The lowest BCUT2D eigenvalue weighted by Gasteiger charge is -2.06. The fraction of sp³-hybridized carbons (Fsp3) is 0.714. The Balaban J connectivity index is 3.65. The Morgan fingerprint density at radius 2 is 2.17 bits per heavy atom. The molecule has 1 atom stereocenters. The maximum atomic E-state index is 10.9. The first kappa shape index (κ1) is 10.9. The Morgan fingerprint density at radius 3 is 2.58 bits per heavy atom. The Kier molecular flexibility index (Phi) is 5.03. The number of rotatable bonds is 5. The predicted octanol–water partition coefficient (Wildman–Crippen LogP) is -0.828. The van der Waals surface area contributed by atoms with E-state index >= 15 is 0 Å². The van der Waals surface area contributed by atoms with Crippen molar-refractivity contribution >= 4 is 11.9 Å². The van der Waals surface area contributed by atoms with Gasteiger partial charge in [0.05, 0.1) is 0 Å². The van der Waals surface area contributed by atoms with Gasteiger partial charge in [0.1, 0.15) is 5.92 Å². The van der Waals surface area contributed by atoms with Crippen LogP contribution in [0, 0.1) is 5.92 Å². The second-order valence-electron chi connectivity index (χ2n) is 2.49. The average molecular weight is 174 g/mol. The maximum absolute atomic E-state index is 10.9. The number of carbonyl (C=O) groups excluding carboxylic acids is 1. The third-order valence-corrected chi connectivity index (χ3v) is 1.44. The maximum Gasteiger partial charge on any atom is 0.315 e. The Labute approximate surface area is 70.9 Å². The Hall–Kier alpha value is -1.10. The van der Waals surface area contributed by atoms with Crippen LogP contribution < -0.4 is 11.1 Å². The molecule has 0 aromatic rings. The molecule has 0 radical (unpaired) electrons. The standard InChI is InChI=1S/C7H14N2O3/c1-5(7(11)12)6(10)9-4-2-3-8/h5H,2-4,8H2,1H3,(H,9,10)(H,11,12). The first-order valence-corrected chi connectivity index (χ1v) is 3.80. The van der Waals surface area contributed by atoms with E-state index in [4.69, 9.17) is 10.8 Å². The number of carboxylic acids is 1. The van der Waals surface area contributed by atoms with Crippen molar-refractivity contribution in [2.75, 3.05) is 13.1 Å². The molecule has 1 amide bonds. The van der Waals surface area contributed by atoms with Crippen molar-refractivity contribution in [3.63, 3.8) is 0 Å². The van der Waals surface area contributed by atoms with Crippen LogP contribution >= 0.6 is 0 Å². The van der Waals surface area contributed by atoms with Crippen LogP contribution in [0.2, 0.25) is 0 Å². The van der Waals surface area contributed by atoms with E-state index in [0.717, 1.165) is 0 Å². The van der Waals surface area contributed by atoms with Gasteiger partial charge in [0, 0.05) is 6.54 Å². The highest BCUT2D eigenvalue weighted by atomic mass is 16.4. The zero-order valence-corrected chi connectivity index (χ0v) is 7.04. The molecule has 0 aliphatic rings. The summed E-state index contributed by atoms with van der Waals surface area (Å²) in [6.45, 7) is 2.27. The van der Waals surface area contributed by atoms with Crippen LogP contribution in [0.25, 0.3) is 0 Å². The number of carboxylic acid groups (broad SMARTS) is 1. The molecule has 0 aromatic carbocycles. The average Bonchev–Trinajstić information content (AvgIpc) is 2.03. The number of hydrogen-bond donors (Lipinski definition) is 3. The lowest BCUT2D eigenvalue weighted by Crippen LogP contribution is -2.34. The molecule has 0 fully saturated rings. The Bertz CT molecular complexity index is 170. The van der Waals surface area contributed by atoms with Crippen molar-refractivity contribution in [2.24, 2.45) is 11.7 Å². The van der Waals surface area contributed by atoms with Crippen LogP contribution in [0.15, 0.2) is 0 Å². The molecule has 0 spiro atoms. The summed E-state index contributed by atoms with van der Waals surface area (Å²) in [6, 6.07) is 0. The molecule has 0 saturated heterocycles. The van der Waals surface area contributed by atoms with Gasteiger partial charge >= 0.3 is 5.97 Å². The quantitative estimate of drug-likeness (QED) is 0.375. The molecule has 0 rings (SSSR count). The van der Waals surface area contributed by atoms with Gasteiger partial charge in [-0.05, 0) is 19.9 Å². The van der Waals surface area contributed by atoms with Gasteiger partial charge in [-0.1, -0.05) is 0 Å². The van der Waals surface area contributed by atoms with Gasteiger partial charge in [0.15, 0.2) is 0 Å². The number of amides is 1. The fourth-order valence-corrected chi connectivity index (χ4v) is 0.579. The minimum absolute atomic E-state index is 0.437. The number of carbonyl (C=O) groups is 2. The van der Waals surface area contributed by atoms with E-state index in [9.17, 15) is 9.59 Å². The molecule has 0 aromatic heterocycles. The van der Waals surface area contributed by atoms with E-state index < -0.39 is 17.8 Å². The lowest BCUT2D eigenvalue weighted by molar-refractivity contribution is -0.146. The van der Waals surface area contributed by atoms with E-state index in [-0.39, 0.29) is 0 Å². The third kappa shape index (κ3) is 3.92. The summed E-state index contributed by atoms with van der Waals surface area (Å²) in [4.78, 5) is 21.2. The number of nitrogens with two attached hydrogens (primary N) is 1. The van der Waals surface area contributed by atoms with E-state index in [1.54, 1.807) is 0 Å². The molecule has 0 aliphatic carbocycles. The van der Waals surface area contributed by atoms with Crippen molar-refractivity contribution < 1.29 is 14.7 Å². The first-order valence-electron chi connectivity index (χ1n) is 3.80. The topological polar surface area (TPSA) is 92.4 Å². The van der Waals surface area contributed by atoms with E-state index in [0.29, 0.717) is 19.5 Å². The van der Waals surface area contributed by atoms with Gasteiger partial charge in [-0.2, -0.15) is 0 Å². The number of hydrogen-bond acceptors (Lipinski definition) is 3. The molecule has 5 nitrogen and oxygen atoms in total. The normalized spacial score (nSPS) is 12.2. The summed E-state index contributed by atoms with van der Waals surface area (Å²) in [5.41, 5.74) is 5.18. The highest BCUT2D eigenvalue weighted by Gasteiger charge is 2.19. The van der Waals surface area contributed by atoms with Crippen LogP contribution in [-0.4, -0.2) is 30.1 Å². The largest absolute Gasteiger partial charge is 0.481 e. The number of nitrogens with one attached hydrogen (secondary N) is 1. The molecule has 0 bridgehead atoms. The summed E-state index contributed by atoms with van der Waals surface area (Å²) < 4.78 is 0. The molecular formula is C7H14N2O3. The second kappa shape index (κ2) is 5.54. The molecule has 1 unspecified atom stereocenters. The van der Waals surface area contributed by atoms with Crippen LogP contribution in [0.3, 0.4) is 0 Å². The highest BCUT2D eigenvalue weighted by molar-refractivity contribution is 5.96. The molecule has 12 heavy (non-hydrogen) atoms. The van der Waals surface area contributed by atoms with Crippen LogP contribution in [0.5, 0.6) is 0 Å². The van der Waals surface area contributed by atoms with Crippen molar-refractivity contribution in [1.82, 2.24) is 5.32 Å². The van der Waals surface area contributed by atoms with Gasteiger partial charge in [-0.25, -0.2) is 0 Å². The molecule has 0 aliphatic heterocycles. The highest BCUT2D eigenvalue weighted by Crippen LogP contribution is 1.93. The van der Waals surface area contributed by atoms with Gasteiger partial charge in [-0.3, -0.25) is 9.59 Å². The van der Waals surface area contributed by atoms with E-state index in [1.807, 2.05) is 0 Å². The Morgan fingerprint density at radius 1 is 1.58 bits per heavy atom. The molecule has 5 heteroatoms. The predicted molar refractivity (Wildman–Crippen MR) is 43.5 cm³/mol. The summed E-state index contributed by atoms with van der Waals surface area (Å²) in [7, 11) is 0. The van der Waals surface area contributed by atoms with Crippen LogP contribution in [-0.2, 0) is 9.59 Å². The van der Waals surface area contributed by atoms with Crippen molar-refractivity contribution in [3.05, 3.63) is 0 Å². The summed E-state index contributed by atoms with van der Waals surface area (Å²) in [5.74, 6) is -2.56. The zero-order valence-electron chi connectivity index (χ0n) is 7.04. The van der Waals surface area contributed by atoms with Crippen LogP contribution in [0.4, 0.5) is 0 Å². The van der Waals surface area contributed by atoms with E-state index in [1.165, 1.54) is 6.92 Å². The molecule has 0 heterocycles. The smallest absolute Gasteiger partial charge is 0.315 e. The van der Waals surface area contributed by atoms with Crippen LogP contribution in [0.1, 0.15) is 13.3 Å². The van der Waals surface area contributed by atoms with Crippen molar-refractivity contribution in [1.29, 1.82) is 0 Å². The summed E-state index contributed by atoms with van der Waals surface area (Å²) in [5, 5.41) is 10.9. The van der Waals surface area contributed by atoms with E-state index in [2.05, 4.69) is 5.32 Å². The minimum atomic E-state index is -1.11. The van der Waals surface area contributed by atoms with Crippen molar-refractivity contribution in [3.8, 4) is 0 Å². The monoisotopic (exact) mass is 174 g/mol. The van der Waals surface area contributed by atoms with Gasteiger partial charge in [-0.15, -0.1) is 0 Å². The van der Waals surface area contributed by atoms with Gasteiger partial charge in [0.2, 0.25) is 5.91 Å². The first-order chi connectivity index (χ1) is 5.59. The SMILES string of the molecule is CC(C(=O)O)C(=O)NCCCN. The van der Waals surface area contributed by atoms with Crippen molar-refractivity contribution in [2.45, 2.75) is 13.3 Å². The summed E-state index contributed by atoms with van der Waals surface area (Å²) in [6.07, 6.45) is 0.665. The second-order valence-corrected chi connectivity index (χ2v) is 2.49. The molecule has 4 N–H and O–H groups in total. The number of aliphatic carboxylic acids is 1. The van der Waals surface area contributed by atoms with Gasteiger partial charge < -0.3 is 16.2 Å². The molecule has 70 valence electrons. The lowest BCUT2D eigenvalue weighted by atomic mass is 10.2. The zero-order chi connectivity index (χ0) is 9.56. The summed E-state index contributed by atoms with van der Waals surface area (Å²) >= 11 is 0. The molecular weight excluding hydrogens is 160 g/mol. The minimum Gasteiger partial charge on any atom is -0.481 e. The third-order valence-electron chi connectivity index (χ3n) is 1.44.